The lowest BCUT2D eigenvalue weighted by atomic mass is 10.1. The van der Waals surface area contributed by atoms with Gasteiger partial charge >= 0.3 is 5.97 Å². The predicted molar refractivity (Wildman–Crippen MR) is 96.7 cm³/mol. The maximum atomic E-state index is 12.3. The minimum Gasteiger partial charge on any atom is -0.465 e. The van der Waals surface area contributed by atoms with Crippen LogP contribution >= 0.6 is 0 Å². The van der Waals surface area contributed by atoms with E-state index in [2.05, 4.69) is 15.4 Å². The largest absolute Gasteiger partial charge is 0.465 e. The highest BCUT2D eigenvalue weighted by Crippen LogP contribution is 2.55. The van der Waals surface area contributed by atoms with E-state index in [0.717, 1.165) is 34.6 Å². The second-order valence-corrected chi connectivity index (χ2v) is 6.88. The number of carbonyl (C=O) groups is 1. The van der Waals surface area contributed by atoms with E-state index in [-0.39, 0.29) is 18.4 Å². The van der Waals surface area contributed by atoms with Gasteiger partial charge in [-0.1, -0.05) is 11.3 Å². The Morgan fingerprint density at radius 1 is 1.37 bits per heavy atom. The quantitative estimate of drug-likeness (QED) is 0.692. The summed E-state index contributed by atoms with van der Waals surface area (Å²) in [5.41, 5.74) is 4.82. The van der Waals surface area contributed by atoms with Gasteiger partial charge in [0.25, 0.3) is 0 Å². The van der Waals surface area contributed by atoms with Crippen molar-refractivity contribution in [2.24, 2.45) is 7.05 Å². The summed E-state index contributed by atoms with van der Waals surface area (Å²) in [5.74, 6) is -0.104. The molecule has 1 unspecified atom stereocenters. The number of nitrogens with zero attached hydrogens (tertiary/aromatic N) is 5. The summed E-state index contributed by atoms with van der Waals surface area (Å²) in [6, 6.07) is 5.77. The molecule has 0 spiro atoms. The van der Waals surface area contributed by atoms with Crippen molar-refractivity contribution < 1.29 is 14.6 Å². The summed E-state index contributed by atoms with van der Waals surface area (Å²) in [5, 5.41) is 22.2. The zero-order chi connectivity index (χ0) is 19.1. The molecular weight excluding hydrogens is 346 g/mol. The molecule has 0 bridgehead atoms. The van der Waals surface area contributed by atoms with Crippen LogP contribution < -0.4 is 0 Å². The summed E-state index contributed by atoms with van der Waals surface area (Å²) < 4.78 is 8.40. The molecule has 1 fully saturated rings. The first-order valence-corrected chi connectivity index (χ1v) is 8.76. The predicted octanol–water partition coefficient (Wildman–Crippen LogP) is 1.86. The first kappa shape index (κ1) is 17.4. The molecule has 2 heterocycles. The zero-order valence-corrected chi connectivity index (χ0v) is 15.5. The van der Waals surface area contributed by atoms with Crippen LogP contribution in [0.25, 0.3) is 5.69 Å². The first-order chi connectivity index (χ1) is 13.0. The normalized spacial score (nSPS) is 18.5. The Morgan fingerprint density at radius 3 is 2.85 bits per heavy atom. The van der Waals surface area contributed by atoms with Crippen LogP contribution in [-0.4, -0.2) is 43.0 Å². The van der Waals surface area contributed by atoms with E-state index in [0.29, 0.717) is 5.56 Å². The van der Waals surface area contributed by atoms with Gasteiger partial charge < -0.3 is 9.84 Å². The van der Waals surface area contributed by atoms with Gasteiger partial charge in [0.1, 0.15) is 5.56 Å². The summed E-state index contributed by atoms with van der Waals surface area (Å²) >= 11 is 0. The highest BCUT2D eigenvalue weighted by molar-refractivity contribution is 5.91. The zero-order valence-electron chi connectivity index (χ0n) is 15.5. The number of aryl methyl sites for hydroxylation is 2. The molecule has 27 heavy (non-hydrogen) atoms. The average Bonchev–Trinajstić information content (AvgIpc) is 3.13. The molecule has 0 radical (unpaired) electrons. The van der Waals surface area contributed by atoms with E-state index in [1.807, 2.05) is 38.4 Å². The van der Waals surface area contributed by atoms with E-state index >= 15 is 0 Å². The van der Waals surface area contributed by atoms with E-state index in [9.17, 15) is 9.90 Å². The number of hydrogen-bond donors (Lipinski definition) is 1. The third-order valence-electron chi connectivity index (χ3n) is 5.10. The lowest BCUT2D eigenvalue weighted by Crippen LogP contribution is -2.08. The average molecular weight is 367 g/mol. The molecule has 1 aliphatic carbocycles. The number of aliphatic hydroxyl groups is 1. The molecular formula is C19H21N5O3. The van der Waals surface area contributed by atoms with Crippen molar-refractivity contribution in [1.82, 2.24) is 24.8 Å². The third-order valence-corrected chi connectivity index (χ3v) is 5.10. The summed E-state index contributed by atoms with van der Waals surface area (Å²) in [6.07, 6.45) is 4.32. The Kier molecular flexibility index (Phi) is 4.27. The van der Waals surface area contributed by atoms with E-state index in [4.69, 9.17) is 4.74 Å². The van der Waals surface area contributed by atoms with Crippen molar-refractivity contribution in [3.8, 4) is 5.69 Å². The summed E-state index contributed by atoms with van der Waals surface area (Å²) in [7, 11) is 3.20. The summed E-state index contributed by atoms with van der Waals surface area (Å²) in [6.45, 7) is 1.90. The standard InChI is InChI=1S/C19H21N5O3/c1-11-4-5-13(6-12(11)10-25)24-18(16(8-20-24)19(26)27-3)15-7-14(15)17-9-23(2)22-21-17/h4-6,8-9,14-15,25H,7,10H2,1-3H3/t14-,15?/m1/s1. The molecule has 8 nitrogen and oxygen atoms in total. The number of methoxy groups -OCH3 is 1. The molecule has 2 aromatic heterocycles. The monoisotopic (exact) mass is 367 g/mol. The fourth-order valence-electron chi connectivity index (χ4n) is 3.51. The van der Waals surface area contributed by atoms with Crippen molar-refractivity contribution in [1.29, 1.82) is 0 Å². The second-order valence-electron chi connectivity index (χ2n) is 6.88. The van der Waals surface area contributed by atoms with Crippen molar-refractivity contribution in [2.75, 3.05) is 7.11 Å². The SMILES string of the molecule is COC(=O)c1cnn(-c2ccc(C)c(CO)c2)c1C1C[C@H]1c1cn(C)nn1. The van der Waals surface area contributed by atoms with Gasteiger partial charge in [0.2, 0.25) is 0 Å². The number of benzene rings is 1. The Hall–Kier alpha value is -3.00. The molecule has 4 rings (SSSR count). The Labute approximate surface area is 156 Å². The van der Waals surface area contributed by atoms with Crippen LogP contribution in [0.2, 0.25) is 0 Å². The second kappa shape index (κ2) is 6.62. The van der Waals surface area contributed by atoms with Gasteiger partial charge in [-0.15, -0.1) is 5.10 Å². The Morgan fingerprint density at radius 2 is 2.19 bits per heavy atom. The molecule has 0 saturated heterocycles. The van der Waals surface area contributed by atoms with Crippen LogP contribution in [0.4, 0.5) is 0 Å². The van der Waals surface area contributed by atoms with E-state index in [1.165, 1.54) is 7.11 Å². The maximum absolute atomic E-state index is 12.3. The smallest absolute Gasteiger partial charge is 0.341 e. The molecule has 140 valence electrons. The maximum Gasteiger partial charge on any atom is 0.341 e. The van der Waals surface area contributed by atoms with Gasteiger partial charge in [0.05, 0.1) is 37.0 Å². The molecule has 1 N–H and O–H groups in total. The van der Waals surface area contributed by atoms with Crippen LogP contribution in [0.1, 0.15) is 51.1 Å². The number of hydrogen-bond acceptors (Lipinski definition) is 6. The third kappa shape index (κ3) is 3.02. The minimum atomic E-state index is -0.407. The number of aromatic nitrogens is 5. The molecule has 1 aromatic carbocycles. The first-order valence-electron chi connectivity index (χ1n) is 8.76. The van der Waals surface area contributed by atoms with Crippen LogP contribution in [-0.2, 0) is 18.4 Å². The molecule has 0 amide bonds. The van der Waals surface area contributed by atoms with Crippen molar-refractivity contribution in [3.05, 3.63) is 58.7 Å². The Balaban J connectivity index is 1.78. The Bertz CT molecular complexity index is 1010. The highest BCUT2D eigenvalue weighted by atomic mass is 16.5. The number of ether oxygens (including phenoxy) is 1. The molecule has 8 heteroatoms. The fourth-order valence-corrected chi connectivity index (χ4v) is 3.51. The fraction of sp³-hybridized carbons (Fsp3) is 0.368. The number of aliphatic hydroxyl groups excluding tert-OH is 1. The van der Waals surface area contributed by atoms with Gasteiger partial charge in [0, 0.05) is 25.1 Å². The van der Waals surface area contributed by atoms with Gasteiger partial charge in [0.15, 0.2) is 0 Å². The van der Waals surface area contributed by atoms with Crippen LogP contribution in [0.5, 0.6) is 0 Å². The van der Waals surface area contributed by atoms with Gasteiger partial charge in [-0.05, 0) is 36.6 Å². The highest BCUT2D eigenvalue weighted by Gasteiger charge is 2.46. The van der Waals surface area contributed by atoms with Gasteiger partial charge in [-0.3, -0.25) is 4.68 Å². The van der Waals surface area contributed by atoms with Crippen molar-refractivity contribution in [2.45, 2.75) is 31.8 Å². The molecule has 1 aliphatic rings. The number of carbonyl (C=O) groups excluding carboxylic acids is 1. The minimum absolute atomic E-state index is 0.0498. The molecule has 0 aliphatic heterocycles. The van der Waals surface area contributed by atoms with Crippen molar-refractivity contribution >= 4 is 5.97 Å². The van der Waals surface area contributed by atoms with Crippen LogP contribution in [0, 0.1) is 6.92 Å². The van der Waals surface area contributed by atoms with E-state index in [1.54, 1.807) is 15.6 Å². The topological polar surface area (TPSA) is 95.1 Å². The summed E-state index contributed by atoms with van der Waals surface area (Å²) in [4.78, 5) is 12.3. The van der Waals surface area contributed by atoms with Gasteiger partial charge in [-0.25, -0.2) is 9.48 Å². The van der Waals surface area contributed by atoms with E-state index < -0.39 is 5.97 Å². The molecule has 1 saturated carbocycles. The van der Waals surface area contributed by atoms with Crippen LogP contribution in [0.15, 0.2) is 30.6 Å². The molecule has 2 atom stereocenters. The lowest BCUT2D eigenvalue weighted by Gasteiger charge is -2.11. The lowest BCUT2D eigenvalue weighted by molar-refractivity contribution is 0.0599. The number of esters is 1. The van der Waals surface area contributed by atoms with Crippen molar-refractivity contribution in [3.63, 3.8) is 0 Å². The van der Waals surface area contributed by atoms with Crippen LogP contribution in [0.3, 0.4) is 0 Å². The molecule has 3 aromatic rings. The number of rotatable bonds is 5. The van der Waals surface area contributed by atoms with Gasteiger partial charge in [-0.2, -0.15) is 5.10 Å².